The third-order valence-electron chi connectivity index (χ3n) is 5.74. The van der Waals surface area contributed by atoms with E-state index in [-0.39, 0.29) is 11.3 Å². The van der Waals surface area contributed by atoms with Crippen molar-refractivity contribution in [2.45, 2.75) is 12.5 Å². The Labute approximate surface area is 186 Å². The molecule has 0 radical (unpaired) electrons. The Morgan fingerprint density at radius 1 is 0.969 bits per heavy atom. The first-order chi connectivity index (χ1) is 15.6. The van der Waals surface area contributed by atoms with Gasteiger partial charge in [0.25, 0.3) is 11.7 Å². The van der Waals surface area contributed by atoms with Crippen LogP contribution in [0, 0.1) is 0 Å². The minimum atomic E-state index is -0.755. The van der Waals surface area contributed by atoms with Crippen molar-refractivity contribution in [2.75, 3.05) is 27.4 Å². The lowest BCUT2D eigenvalue weighted by Gasteiger charge is -2.26. The van der Waals surface area contributed by atoms with Crippen LogP contribution in [-0.2, 0) is 14.3 Å². The van der Waals surface area contributed by atoms with Gasteiger partial charge in [0.2, 0.25) is 0 Å². The van der Waals surface area contributed by atoms with Crippen molar-refractivity contribution >= 4 is 28.2 Å². The zero-order chi connectivity index (χ0) is 22.7. The molecular formula is C26H25NO5. The molecule has 1 aliphatic rings. The summed E-state index contributed by atoms with van der Waals surface area (Å²) in [4.78, 5) is 27.6. The van der Waals surface area contributed by atoms with Crippen molar-refractivity contribution in [1.82, 2.24) is 4.90 Å². The Kier molecular flexibility index (Phi) is 6.23. The topological polar surface area (TPSA) is 76.1 Å². The monoisotopic (exact) mass is 431 g/mol. The summed E-state index contributed by atoms with van der Waals surface area (Å²) in [7, 11) is 3.13. The number of Topliss-reactive ketones (excluding diaryl/α,β-unsaturated/α-hetero) is 1. The van der Waals surface area contributed by atoms with Crippen LogP contribution >= 0.6 is 0 Å². The van der Waals surface area contributed by atoms with Crippen molar-refractivity contribution in [3.8, 4) is 5.75 Å². The molecule has 0 aliphatic carbocycles. The van der Waals surface area contributed by atoms with Crippen LogP contribution in [0.1, 0.15) is 23.6 Å². The first-order valence-corrected chi connectivity index (χ1v) is 10.5. The number of likely N-dealkylation sites (tertiary alicyclic amines) is 1. The average Bonchev–Trinajstić information content (AvgIpc) is 3.08. The van der Waals surface area contributed by atoms with Crippen LogP contribution in [-0.4, -0.2) is 49.1 Å². The van der Waals surface area contributed by atoms with Gasteiger partial charge >= 0.3 is 0 Å². The molecule has 0 saturated carbocycles. The second kappa shape index (κ2) is 9.24. The summed E-state index contributed by atoms with van der Waals surface area (Å²) in [5.74, 6) is -0.997. The highest BCUT2D eigenvalue weighted by Crippen LogP contribution is 2.42. The van der Waals surface area contributed by atoms with Gasteiger partial charge in [-0.25, -0.2) is 0 Å². The molecule has 6 heteroatoms. The minimum absolute atomic E-state index is 0.0622. The second-order valence-corrected chi connectivity index (χ2v) is 7.64. The Morgan fingerprint density at radius 2 is 1.69 bits per heavy atom. The Bertz CT molecular complexity index is 1200. The van der Waals surface area contributed by atoms with Crippen LogP contribution in [0.2, 0.25) is 0 Å². The molecule has 0 bridgehead atoms. The number of aliphatic hydroxyl groups is 1. The number of ether oxygens (including phenoxy) is 2. The lowest BCUT2D eigenvalue weighted by Crippen LogP contribution is -2.31. The van der Waals surface area contributed by atoms with Crippen LogP contribution in [0.5, 0.6) is 5.75 Å². The fourth-order valence-electron chi connectivity index (χ4n) is 4.20. The standard InChI is InChI=1S/C26H25NO5/c1-31-15-7-14-27-23(20-10-5-6-11-21(20)32-2)22(25(29)26(27)30)24(28)19-13-12-17-8-3-4-9-18(17)16-19/h3-6,8-13,16,23,28H,7,14-15H2,1-2H3/b24-22+. The maximum Gasteiger partial charge on any atom is 0.295 e. The number of rotatable bonds is 7. The second-order valence-electron chi connectivity index (χ2n) is 7.64. The van der Waals surface area contributed by atoms with E-state index >= 15 is 0 Å². The maximum atomic E-state index is 13.1. The number of hydrogen-bond donors (Lipinski definition) is 1. The lowest BCUT2D eigenvalue weighted by atomic mass is 9.94. The first kappa shape index (κ1) is 21.6. The summed E-state index contributed by atoms with van der Waals surface area (Å²) in [5.41, 5.74) is 1.19. The molecular weight excluding hydrogens is 406 g/mol. The van der Waals surface area contributed by atoms with Gasteiger partial charge in [-0.05, 0) is 29.3 Å². The molecule has 32 heavy (non-hydrogen) atoms. The summed E-state index contributed by atoms with van der Waals surface area (Å²) in [6.07, 6.45) is 0.561. The minimum Gasteiger partial charge on any atom is -0.507 e. The van der Waals surface area contributed by atoms with Gasteiger partial charge < -0.3 is 19.5 Å². The van der Waals surface area contributed by atoms with E-state index in [0.717, 1.165) is 10.8 Å². The van der Waals surface area contributed by atoms with Crippen molar-refractivity contribution < 1.29 is 24.2 Å². The lowest BCUT2D eigenvalue weighted by molar-refractivity contribution is -0.140. The van der Waals surface area contributed by atoms with E-state index in [0.29, 0.717) is 36.4 Å². The quantitative estimate of drug-likeness (QED) is 0.261. The SMILES string of the molecule is COCCCN1C(=O)C(=O)/C(=C(/O)c2ccc3ccccc3c2)C1c1ccccc1OC. The highest BCUT2D eigenvalue weighted by molar-refractivity contribution is 6.46. The number of carbonyl (C=O) groups excluding carboxylic acids is 2. The molecule has 0 aromatic heterocycles. The zero-order valence-corrected chi connectivity index (χ0v) is 18.1. The third-order valence-corrected chi connectivity index (χ3v) is 5.74. The van der Waals surface area contributed by atoms with Crippen LogP contribution < -0.4 is 4.74 Å². The molecule has 164 valence electrons. The molecule has 1 heterocycles. The van der Waals surface area contributed by atoms with Crippen molar-refractivity contribution in [3.05, 3.63) is 83.4 Å². The van der Waals surface area contributed by atoms with Gasteiger partial charge in [-0.15, -0.1) is 0 Å². The van der Waals surface area contributed by atoms with Gasteiger partial charge in [-0.2, -0.15) is 0 Å². The van der Waals surface area contributed by atoms with E-state index in [1.165, 1.54) is 4.90 Å². The number of benzene rings is 3. The van der Waals surface area contributed by atoms with E-state index in [9.17, 15) is 14.7 Å². The molecule has 1 unspecified atom stereocenters. The van der Waals surface area contributed by atoms with Gasteiger partial charge in [-0.1, -0.05) is 54.6 Å². The van der Waals surface area contributed by atoms with Crippen LogP contribution in [0.4, 0.5) is 0 Å². The number of nitrogens with zero attached hydrogens (tertiary/aromatic N) is 1. The van der Waals surface area contributed by atoms with E-state index in [4.69, 9.17) is 9.47 Å². The molecule has 1 amide bonds. The van der Waals surface area contributed by atoms with E-state index in [2.05, 4.69) is 0 Å². The van der Waals surface area contributed by atoms with Gasteiger partial charge in [0, 0.05) is 31.4 Å². The summed E-state index contributed by atoms with van der Waals surface area (Å²) in [6.45, 7) is 0.766. The highest BCUT2D eigenvalue weighted by Gasteiger charge is 2.46. The van der Waals surface area contributed by atoms with Crippen LogP contribution in [0.25, 0.3) is 16.5 Å². The van der Waals surface area contributed by atoms with Crippen LogP contribution in [0.15, 0.2) is 72.3 Å². The molecule has 1 N–H and O–H groups in total. The third kappa shape index (κ3) is 3.85. The maximum absolute atomic E-state index is 13.1. The average molecular weight is 431 g/mol. The number of methoxy groups -OCH3 is 2. The number of amides is 1. The van der Waals surface area contributed by atoms with E-state index in [1.807, 2.05) is 54.6 Å². The summed E-state index contributed by atoms with van der Waals surface area (Å²) in [6, 6.07) is 19.7. The number of ketones is 1. The predicted octanol–water partition coefficient (Wildman–Crippen LogP) is 4.31. The Hall–Kier alpha value is -3.64. The first-order valence-electron chi connectivity index (χ1n) is 10.5. The van der Waals surface area contributed by atoms with Crippen molar-refractivity contribution in [3.63, 3.8) is 0 Å². The highest BCUT2D eigenvalue weighted by atomic mass is 16.5. The summed E-state index contributed by atoms with van der Waals surface area (Å²) >= 11 is 0. The molecule has 1 aliphatic heterocycles. The number of carbonyl (C=O) groups is 2. The number of hydrogen-bond acceptors (Lipinski definition) is 5. The molecule has 4 rings (SSSR count). The molecule has 3 aromatic rings. The molecule has 0 spiro atoms. The molecule has 3 aromatic carbocycles. The Balaban J connectivity index is 1.88. The number of fused-ring (bicyclic) bond motifs is 1. The Morgan fingerprint density at radius 3 is 2.44 bits per heavy atom. The van der Waals surface area contributed by atoms with E-state index < -0.39 is 17.7 Å². The number of aliphatic hydroxyl groups excluding tert-OH is 1. The zero-order valence-electron chi connectivity index (χ0n) is 18.1. The molecule has 1 saturated heterocycles. The summed E-state index contributed by atoms with van der Waals surface area (Å²) < 4.78 is 10.6. The largest absolute Gasteiger partial charge is 0.507 e. The van der Waals surface area contributed by atoms with E-state index in [1.54, 1.807) is 26.4 Å². The van der Waals surface area contributed by atoms with Gasteiger partial charge in [0.15, 0.2) is 0 Å². The van der Waals surface area contributed by atoms with Gasteiger partial charge in [0.1, 0.15) is 11.5 Å². The molecule has 1 fully saturated rings. The fraction of sp³-hybridized carbons (Fsp3) is 0.231. The predicted molar refractivity (Wildman–Crippen MR) is 122 cm³/mol. The van der Waals surface area contributed by atoms with Crippen LogP contribution in [0.3, 0.4) is 0 Å². The normalized spacial score (nSPS) is 17.8. The summed E-state index contributed by atoms with van der Waals surface area (Å²) in [5, 5.41) is 13.2. The number of para-hydroxylation sites is 1. The smallest absolute Gasteiger partial charge is 0.295 e. The van der Waals surface area contributed by atoms with Gasteiger partial charge in [0.05, 0.1) is 18.7 Å². The van der Waals surface area contributed by atoms with Gasteiger partial charge in [-0.3, -0.25) is 9.59 Å². The van der Waals surface area contributed by atoms with Crippen molar-refractivity contribution in [1.29, 1.82) is 0 Å². The molecule has 1 atom stereocenters. The van der Waals surface area contributed by atoms with Crippen molar-refractivity contribution in [2.24, 2.45) is 0 Å². The fourth-order valence-corrected chi connectivity index (χ4v) is 4.20. The molecule has 6 nitrogen and oxygen atoms in total.